The van der Waals surface area contributed by atoms with Crippen LogP contribution in [-0.4, -0.2) is 20.5 Å². The number of benzene rings is 2. The first-order chi connectivity index (χ1) is 15.6. The molecule has 0 saturated carbocycles. The number of carbonyl (C=O) groups excluding carboxylic acids is 1. The molecule has 3 aromatic heterocycles. The van der Waals surface area contributed by atoms with Crippen LogP contribution in [0.5, 0.6) is 0 Å². The van der Waals surface area contributed by atoms with E-state index in [1.165, 1.54) is 6.20 Å². The van der Waals surface area contributed by atoms with Gasteiger partial charge in [-0.05, 0) is 48.0 Å². The molecule has 0 spiro atoms. The summed E-state index contributed by atoms with van der Waals surface area (Å²) in [6.45, 7) is 0.629. The van der Waals surface area contributed by atoms with Crippen molar-refractivity contribution in [3.63, 3.8) is 0 Å². The molecule has 32 heavy (non-hydrogen) atoms. The summed E-state index contributed by atoms with van der Waals surface area (Å²) in [5.74, 6) is -0.432. The van der Waals surface area contributed by atoms with Crippen molar-refractivity contribution in [2.45, 2.75) is 13.2 Å². The van der Waals surface area contributed by atoms with E-state index in [4.69, 9.17) is 27.9 Å². The fourth-order valence-corrected chi connectivity index (χ4v) is 4.15. The SMILES string of the molecule is O=C(OCc1cc2c3ccccc3n(Cc3cc(Cl)ccc3Cl)c2cn1)c1cccnc1. The molecular formula is C25H17Cl2N3O2. The summed E-state index contributed by atoms with van der Waals surface area (Å²) in [4.78, 5) is 20.7. The molecule has 0 aliphatic carbocycles. The molecule has 7 heteroatoms. The highest BCUT2D eigenvalue weighted by molar-refractivity contribution is 6.33. The standard InChI is InChI=1S/C25H17Cl2N3O2/c26-18-7-8-22(27)17(10-18)14-30-23-6-2-1-5-20(23)21-11-19(29-13-24(21)30)15-32-25(31)16-4-3-9-28-12-16/h1-13H,14-15H2. The number of aromatic nitrogens is 3. The minimum absolute atomic E-state index is 0.0727. The Morgan fingerprint density at radius 2 is 1.81 bits per heavy atom. The van der Waals surface area contributed by atoms with Crippen molar-refractivity contribution < 1.29 is 9.53 Å². The van der Waals surface area contributed by atoms with E-state index in [0.717, 1.165) is 27.4 Å². The van der Waals surface area contributed by atoms with Crippen LogP contribution in [0.25, 0.3) is 21.8 Å². The third kappa shape index (κ3) is 3.93. The number of pyridine rings is 2. The van der Waals surface area contributed by atoms with E-state index in [-0.39, 0.29) is 6.61 Å². The van der Waals surface area contributed by atoms with Crippen LogP contribution in [0.4, 0.5) is 0 Å². The van der Waals surface area contributed by atoms with Crippen LogP contribution in [0.15, 0.2) is 79.3 Å². The second kappa shape index (κ2) is 8.61. The number of nitrogens with zero attached hydrogens (tertiary/aromatic N) is 3. The van der Waals surface area contributed by atoms with Crippen LogP contribution in [0.3, 0.4) is 0 Å². The van der Waals surface area contributed by atoms with Gasteiger partial charge in [-0.3, -0.25) is 9.97 Å². The molecule has 0 radical (unpaired) electrons. The first-order valence-corrected chi connectivity index (χ1v) is 10.7. The monoisotopic (exact) mass is 461 g/mol. The highest BCUT2D eigenvalue weighted by Gasteiger charge is 2.14. The van der Waals surface area contributed by atoms with Gasteiger partial charge >= 0.3 is 5.97 Å². The third-order valence-electron chi connectivity index (χ3n) is 5.30. The zero-order valence-corrected chi connectivity index (χ0v) is 18.3. The fourth-order valence-electron chi connectivity index (χ4n) is 3.78. The van der Waals surface area contributed by atoms with E-state index < -0.39 is 5.97 Å². The molecule has 0 N–H and O–H groups in total. The van der Waals surface area contributed by atoms with Crippen molar-refractivity contribution >= 4 is 51.0 Å². The molecule has 2 aromatic carbocycles. The first kappa shape index (κ1) is 20.5. The Balaban J connectivity index is 1.50. The topological polar surface area (TPSA) is 57.0 Å². The highest BCUT2D eigenvalue weighted by Crippen LogP contribution is 2.31. The summed E-state index contributed by atoms with van der Waals surface area (Å²) in [6.07, 6.45) is 4.90. The second-order valence-corrected chi connectivity index (χ2v) is 8.19. The van der Waals surface area contributed by atoms with E-state index in [9.17, 15) is 4.79 Å². The molecule has 5 nitrogen and oxygen atoms in total. The average Bonchev–Trinajstić information content (AvgIpc) is 3.13. The van der Waals surface area contributed by atoms with Gasteiger partial charge < -0.3 is 9.30 Å². The van der Waals surface area contributed by atoms with Gasteiger partial charge in [-0.2, -0.15) is 0 Å². The molecule has 0 unspecified atom stereocenters. The summed E-state index contributed by atoms with van der Waals surface area (Å²) in [5, 5.41) is 3.41. The Hall–Kier alpha value is -3.41. The van der Waals surface area contributed by atoms with Crippen LogP contribution in [-0.2, 0) is 17.9 Å². The van der Waals surface area contributed by atoms with Gasteiger partial charge in [0, 0.05) is 45.3 Å². The number of ether oxygens (including phenoxy) is 1. The van der Waals surface area contributed by atoms with Crippen molar-refractivity contribution in [3.05, 3.63) is 106 Å². The minimum atomic E-state index is -0.432. The molecule has 5 aromatic rings. The van der Waals surface area contributed by atoms with Gasteiger partial charge in [0.15, 0.2) is 0 Å². The van der Waals surface area contributed by atoms with E-state index in [1.54, 1.807) is 36.7 Å². The van der Waals surface area contributed by atoms with Gasteiger partial charge in [0.25, 0.3) is 0 Å². The Bertz CT molecular complexity index is 1450. The normalized spacial score (nSPS) is 11.2. The number of para-hydroxylation sites is 1. The Morgan fingerprint density at radius 1 is 0.938 bits per heavy atom. The van der Waals surface area contributed by atoms with Gasteiger partial charge in [0.05, 0.1) is 23.0 Å². The average molecular weight is 462 g/mol. The number of carbonyl (C=O) groups is 1. The maximum atomic E-state index is 12.2. The maximum Gasteiger partial charge on any atom is 0.340 e. The number of rotatable bonds is 5. The Kier molecular flexibility index (Phi) is 5.52. The number of halogens is 2. The third-order valence-corrected chi connectivity index (χ3v) is 5.90. The lowest BCUT2D eigenvalue weighted by atomic mass is 10.2. The first-order valence-electron chi connectivity index (χ1n) is 9.97. The molecule has 0 saturated heterocycles. The van der Waals surface area contributed by atoms with E-state index >= 15 is 0 Å². The molecule has 0 fully saturated rings. The van der Waals surface area contributed by atoms with Crippen LogP contribution in [0.2, 0.25) is 10.0 Å². The van der Waals surface area contributed by atoms with Crippen LogP contribution >= 0.6 is 23.2 Å². The lowest BCUT2D eigenvalue weighted by Gasteiger charge is -2.10. The summed E-state index contributed by atoms with van der Waals surface area (Å²) in [5.41, 5.74) is 4.02. The van der Waals surface area contributed by atoms with Crippen LogP contribution < -0.4 is 0 Å². The van der Waals surface area contributed by atoms with Crippen molar-refractivity contribution in [2.24, 2.45) is 0 Å². The van der Waals surface area contributed by atoms with E-state index in [2.05, 4.69) is 26.7 Å². The van der Waals surface area contributed by atoms with Crippen molar-refractivity contribution in [1.82, 2.24) is 14.5 Å². The predicted octanol–water partition coefficient (Wildman–Crippen LogP) is 6.30. The molecule has 158 valence electrons. The van der Waals surface area contributed by atoms with Gasteiger partial charge in [-0.25, -0.2) is 4.79 Å². The van der Waals surface area contributed by atoms with Gasteiger partial charge in [0.1, 0.15) is 6.61 Å². The molecule has 5 rings (SSSR count). The van der Waals surface area contributed by atoms with Crippen LogP contribution in [0.1, 0.15) is 21.6 Å². The van der Waals surface area contributed by atoms with Crippen molar-refractivity contribution in [3.8, 4) is 0 Å². The molecule has 0 amide bonds. The van der Waals surface area contributed by atoms with Gasteiger partial charge in [-0.15, -0.1) is 0 Å². The highest BCUT2D eigenvalue weighted by atomic mass is 35.5. The van der Waals surface area contributed by atoms with Crippen molar-refractivity contribution in [1.29, 1.82) is 0 Å². The van der Waals surface area contributed by atoms with Crippen LogP contribution in [0, 0.1) is 0 Å². The number of fused-ring (bicyclic) bond motifs is 3. The van der Waals surface area contributed by atoms with Gasteiger partial charge in [0.2, 0.25) is 0 Å². The summed E-state index contributed by atoms with van der Waals surface area (Å²) in [6, 6.07) is 18.9. The minimum Gasteiger partial charge on any atom is -0.456 e. The molecule has 0 atom stereocenters. The zero-order valence-electron chi connectivity index (χ0n) is 16.8. The molecule has 0 bridgehead atoms. The number of hydrogen-bond acceptors (Lipinski definition) is 4. The summed E-state index contributed by atoms with van der Waals surface area (Å²) >= 11 is 12.6. The summed E-state index contributed by atoms with van der Waals surface area (Å²) in [7, 11) is 0. The van der Waals surface area contributed by atoms with Gasteiger partial charge in [-0.1, -0.05) is 41.4 Å². The number of esters is 1. The Labute approximate surface area is 194 Å². The largest absolute Gasteiger partial charge is 0.456 e. The molecule has 3 heterocycles. The zero-order chi connectivity index (χ0) is 22.1. The number of hydrogen-bond donors (Lipinski definition) is 0. The lowest BCUT2D eigenvalue weighted by molar-refractivity contribution is 0.0467. The fraction of sp³-hybridized carbons (Fsp3) is 0.0800. The molecule has 0 aliphatic heterocycles. The quantitative estimate of drug-likeness (QED) is 0.288. The molecular weight excluding hydrogens is 445 g/mol. The Morgan fingerprint density at radius 3 is 2.66 bits per heavy atom. The van der Waals surface area contributed by atoms with Crippen molar-refractivity contribution in [2.75, 3.05) is 0 Å². The predicted molar refractivity (Wildman–Crippen MR) is 126 cm³/mol. The second-order valence-electron chi connectivity index (χ2n) is 7.35. The smallest absolute Gasteiger partial charge is 0.340 e. The van der Waals surface area contributed by atoms with E-state index in [1.807, 2.05) is 24.3 Å². The summed E-state index contributed by atoms with van der Waals surface area (Å²) < 4.78 is 7.59. The molecule has 0 aliphatic rings. The maximum absolute atomic E-state index is 12.2. The van der Waals surface area contributed by atoms with E-state index in [0.29, 0.717) is 27.8 Å². The lowest BCUT2D eigenvalue weighted by Crippen LogP contribution is -2.06.